The summed E-state index contributed by atoms with van der Waals surface area (Å²) >= 11 is 0. The van der Waals surface area contributed by atoms with Crippen molar-refractivity contribution in [2.24, 2.45) is 0 Å². The zero-order valence-electron chi connectivity index (χ0n) is 24.5. The largest absolute Gasteiger partial charge is 0.558 e. The van der Waals surface area contributed by atoms with Gasteiger partial charge in [-0.2, -0.15) is 0 Å². The molecule has 2 aliphatic rings. The molecule has 2 saturated heterocycles. The Balaban J connectivity index is 1.64. The Labute approximate surface area is 252 Å². The molecule has 234 valence electrons. The number of ether oxygens (including phenoxy) is 2. The smallest absolute Gasteiger partial charge is 0.393 e. The van der Waals surface area contributed by atoms with Crippen molar-refractivity contribution < 1.29 is 38.9 Å². The average Bonchev–Trinajstić information content (AvgIpc) is 3.51. The number of morpholine rings is 1. The van der Waals surface area contributed by atoms with E-state index in [0.29, 0.717) is 52.2 Å². The number of methoxy groups -OCH3 is 1. The number of carbonyl (C=O) groups is 3. The molecule has 4 rings (SSSR count). The van der Waals surface area contributed by atoms with E-state index in [1.807, 2.05) is 60.7 Å². The third-order valence-electron chi connectivity index (χ3n) is 8.06. The first-order chi connectivity index (χ1) is 20.7. The molecule has 0 aromatic heterocycles. The number of urea groups is 1. The summed E-state index contributed by atoms with van der Waals surface area (Å²) in [4.78, 5) is 44.5. The maximum Gasteiger partial charge on any atom is 0.393 e. The third kappa shape index (κ3) is 8.55. The molecule has 2 aromatic rings. The lowest BCUT2D eigenvalue weighted by atomic mass is 9.68. The number of likely N-dealkylation sites (tertiary alicyclic amines) is 1. The van der Waals surface area contributed by atoms with E-state index in [-0.39, 0.29) is 13.0 Å². The molecule has 0 bridgehead atoms. The summed E-state index contributed by atoms with van der Waals surface area (Å²) in [5.41, 5.74) is 1.64. The minimum Gasteiger partial charge on any atom is -0.558 e. The maximum atomic E-state index is 14.5. The minimum atomic E-state index is -3.87. The molecule has 12 nitrogen and oxygen atoms in total. The van der Waals surface area contributed by atoms with Crippen LogP contribution >= 0.6 is 0 Å². The molecule has 0 saturated carbocycles. The van der Waals surface area contributed by atoms with E-state index in [1.54, 1.807) is 4.90 Å². The normalized spacial score (nSPS) is 18.8. The van der Waals surface area contributed by atoms with E-state index in [0.717, 1.165) is 11.1 Å². The van der Waals surface area contributed by atoms with Gasteiger partial charge in [0.25, 0.3) is 0 Å². The van der Waals surface area contributed by atoms with Crippen LogP contribution in [0.25, 0.3) is 0 Å². The SMILES string of the molecule is COCCC[C@H](NC(=O)[C@@H]1CCCN1C(=O)[C@H](NC(=O)N1CCOCC1)C(c1ccccc1)c1ccccc1)[B-](O)(O)O. The van der Waals surface area contributed by atoms with E-state index >= 15 is 0 Å². The van der Waals surface area contributed by atoms with Crippen molar-refractivity contribution >= 4 is 24.6 Å². The number of rotatable bonds is 12. The summed E-state index contributed by atoms with van der Waals surface area (Å²) in [5, 5.41) is 35.4. The number of hydrogen-bond donors (Lipinski definition) is 5. The Hall–Kier alpha value is -3.49. The van der Waals surface area contributed by atoms with Crippen LogP contribution in [0.4, 0.5) is 4.79 Å². The molecule has 43 heavy (non-hydrogen) atoms. The van der Waals surface area contributed by atoms with Gasteiger partial charge in [-0.3, -0.25) is 9.59 Å². The summed E-state index contributed by atoms with van der Waals surface area (Å²) in [6, 6.07) is 16.5. The van der Waals surface area contributed by atoms with Gasteiger partial charge < -0.3 is 45.0 Å². The summed E-state index contributed by atoms with van der Waals surface area (Å²) in [7, 11) is 1.50. The van der Waals surface area contributed by atoms with Gasteiger partial charge in [0.1, 0.15) is 12.1 Å². The summed E-state index contributed by atoms with van der Waals surface area (Å²) < 4.78 is 10.4. The molecule has 3 atom stereocenters. The topological polar surface area (TPSA) is 161 Å². The fourth-order valence-electron chi connectivity index (χ4n) is 5.79. The first-order valence-corrected chi connectivity index (χ1v) is 14.9. The predicted octanol–water partition coefficient (Wildman–Crippen LogP) is 0.586. The van der Waals surface area contributed by atoms with Crippen LogP contribution in [-0.2, 0) is 19.1 Å². The molecule has 2 fully saturated rings. The van der Waals surface area contributed by atoms with Crippen molar-refractivity contribution in [3.63, 3.8) is 0 Å². The van der Waals surface area contributed by atoms with Crippen LogP contribution in [0, 0.1) is 0 Å². The summed E-state index contributed by atoms with van der Waals surface area (Å²) in [5.74, 6) is -2.93. The van der Waals surface area contributed by atoms with Crippen LogP contribution in [0.2, 0.25) is 0 Å². The van der Waals surface area contributed by atoms with Gasteiger partial charge in [-0.05, 0) is 36.3 Å². The van der Waals surface area contributed by atoms with Crippen LogP contribution in [0.5, 0.6) is 0 Å². The maximum absolute atomic E-state index is 14.5. The lowest BCUT2D eigenvalue weighted by Crippen LogP contribution is -2.62. The van der Waals surface area contributed by atoms with Crippen molar-refractivity contribution in [2.45, 2.75) is 49.6 Å². The lowest BCUT2D eigenvalue weighted by molar-refractivity contribution is -0.140. The van der Waals surface area contributed by atoms with Crippen molar-refractivity contribution in [3.05, 3.63) is 71.8 Å². The minimum absolute atomic E-state index is 0.0616. The molecular weight excluding hydrogens is 555 g/mol. The Morgan fingerprint density at radius 1 is 0.953 bits per heavy atom. The fraction of sp³-hybridized carbons (Fsp3) is 0.500. The predicted molar refractivity (Wildman–Crippen MR) is 160 cm³/mol. The van der Waals surface area contributed by atoms with Crippen molar-refractivity contribution in [3.8, 4) is 0 Å². The van der Waals surface area contributed by atoms with Crippen LogP contribution in [0.3, 0.4) is 0 Å². The highest BCUT2D eigenvalue weighted by Gasteiger charge is 2.43. The standard InChI is InChI=1S/C30H42BN4O8/c1-42-19-9-15-25(31(39,40)41)32-28(36)24-14-8-16-35(24)29(37)27(33-30(38)34-17-20-43-21-18-34)26(22-10-4-2-5-11-22)23-12-6-3-7-13-23/h2-7,10-13,24-27,39-41H,8-9,14-21H2,1H3,(H,32,36)(H,33,38)/q-1/t24-,25-,27+/m0/s1. The Morgan fingerprint density at radius 2 is 1.56 bits per heavy atom. The molecule has 2 aliphatic heterocycles. The van der Waals surface area contributed by atoms with E-state index in [9.17, 15) is 29.5 Å². The Bertz CT molecular complexity index is 1150. The second kappa shape index (κ2) is 15.3. The van der Waals surface area contributed by atoms with Crippen LogP contribution < -0.4 is 10.6 Å². The number of carbonyl (C=O) groups excluding carboxylic acids is 3. The van der Waals surface area contributed by atoms with Gasteiger partial charge in [-0.1, -0.05) is 67.1 Å². The highest BCUT2D eigenvalue weighted by atomic mass is 16.5. The number of hydrogen-bond acceptors (Lipinski definition) is 8. The van der Waals surface area contributed by atoms with Crippen LogP contribution in [-0.4, -0.2) is 114 Å². The van der Waals surface area contributed by atoms with E-state index in [2.05, 4.69) is 10.6 Å². The van der Waals surface area contributed by atoms with Gasteiger partial charge in [0, 0.05) is 39.3 Å². The van der Waals surface area contributed by atoms with Gasteiger partial charge in [0.15, 0.2) is 0 Å². The second-order valence-corrected chi connectivity index (χ2v) is 11.1. The molecule has 4 amide bonds. The fourth-order valence-corrected chi connectivity index (χ4v) is 5.79. The zero-order chi connectivity index (χ0) is 30.8. The highest BCUT2D eigenvalue weighted by molar-refractivity contribution is 6.58. The monoisotopic (exact) mass is 597 g/mol. The van der Waals surface area contributed by atoms with Gasteiger partial charge in [-0.25, -0.2) is 4.79 Å². The first-order valence-electron chi connectivity index (χ1n) is 14.9. The molecule has 0 spiro atoms. The number of benzene rings is 2. The molecule has 0 radical (unpaired) electrons. The third-order valence-corrected chi connectivity index (χ3v) is 8.06. The first kappa shape index (κ1) is 32.4. The zero-order valence-corrected chi connectivity index (χ0v) is 24.5. The lowest BCUT2D eigenvalue weighted by Gasteiger charge is -2.37. The van der Waals surface area contributed by atoms with Crippen molar-refractivity contribution in [1.29, 1.82) is 0 Å². The molecule has 0 unspecified atom stereocenters. The van der Waals surface area contributed by atoms with Gasteiger partial charge >= 0.3 is 12.8 Å². The highest BCUT2D eigenvalue weighted by Crippen LogP contribution is 2.31. The van der Waals surface area contributed by atoms with Crippen LogP contribution in [0.15, 0.2) is 60.7 Å². The summed E-state index contributed by atoms with van der Waals surface area (Å²) in [6.07, 6.45) is 1.31. The average molecular weight is 597 g/mol. The molecule has 2 aromatic carbocycles. The number of nitrogens with one attached hydrogen (secondary N) is 2. The van der Waals surface area contributed by atoms with Crippen LogP contribution in [0.1, 0.15) is 42.7 Å². The summed E-state index contributed by atoms with van der Waals surface area (Å²) in [6.45, 7) is -1.71. The molecule has 2 heterocycles. The van der Waals surface area contributed by atoms with Gasteiger partial charge in [-0.15, -0.1) is 0 Å². The molecule has 0 aliphatic carbocycles. The molecule has 13 heteroatoms. The van der Waals surface area contributed by atoms with Crippen molar-refractivity contribution in [2.75, 3.05) is 46.6 Å². The Kier molecular flexibility index (Phi) is 11.5. The Morgan fingerprint density at radius 3 is 2.12 bits per heavy atom. The number of amides is 4. The molecular formula is C30H42BN4O8-. The quantitative estimate of drug-likeness (QED) is 0.176. The van der Waals surface area contributed by atoms with Gasteiger partial charge in [0.05, 0.1) is 13.2 Å². The molecule has 5 N–H and O–H groups in total. The second-order valence-electron chi connectivity index (χ2n) is 11.1. The number of nitrogens with zero attached hydrogens (tertiary/aromatic N) is 2. The van der Waals surface area contributed by atoms with Gasteiger partial charge in [0.2, 0.25) is 11.8 Å². The van der Waals surface area contributed by atoms with Crippen molar-refractivity contribution in [1.82, 2.24) is 20.4 Å². The van der Waals surface area contributed by atoms with E-state index < -0.39 is 48.5 Å². The van der Waals surface area contributed by atoms with E-state index in [1.165, 1.54) is 12.0 Å². The van der Waals surface area contributed by atoms with E-state index in [4.69, 9.17) is 9.47 Å².